The van der Waals surface area contributed by atoms with Gasteiger partial charge in [0.1, 0.15) is 5.75 Å². The van der Waals surface area contributed by atoms with Crippen molar-refractivity contribution in [1.29, 1.82) is 0 Å². The van der Waals surface area contributed by atoms with E-state index in [1.807, 2.05) is 18.2 Å². The third-order valence-corrected chi connectivity index (χ3v) is 4.62. The van der Waals surface area contributed by atoms with Crippen LogP contribution in [0.5, 0.6) is 5.75 Å². The molecule has 28 heavy (non-hydrogen) atoms. The number of anilines is 1. The SMILES string of the molecule is COc1ccc(Br)cc1CN(C)C(=O)c1ccc(NC(=O)c2ccco2)cc1. The van der Waals surface area contributed by atoms with Crippen molar-refractivity contribution >= 4 is 33.4 Å². The molecule has 0 radical (unpaired) electrons. The summed E-state index contributed by atoms with van der Waals surface area (Å²) in [5, 5.41) is 2.72. The van der Waals surface area contributed by atoms with E-state index in [2.05, 4.69) is 21.2 Å². The molecule has 3 rings (SSSR count). The molecule has 144 valence electrons. The number of amides is 2. The number of hydrogen-bond acceptors (Lipinski definition) is 4. The van der Waals surface area contributed by atoms with Crippen LogP contribution < -0.4 is 10.1 Å². The van der Waals surface area contributed by atoms with Crippen molar-refractivity contribution in [2.45, 2.75) is 6.54 Å². The Morgan fingerprint density at radius 2 is 1.89 bits per heavy atom. The van der Waals surface area contributed by atoms with Gasteiger partial charge in [0.25, 0.3) is 11.8 Å². The topological polar surface area (TPSA) is 71.8 Å². The maximum atomic E-state index is 12.7. The Hall–Kier alpha value is -3.06. The van der Waals surface area contributed by atoms with Crippen LogP contribution in [-0.4, -0.2) is 30.9 Å². The van der Waals surface area contributed by atoms with Gasteiger partial charge in [0.15, 0.2) is 5.76 Å². The number of carbonyl (C=O) groups is 2. The van der Waals surface area contributed by atoms with Crippen LogP contribution in [-0.2, 0) is 6.54 Å². The highest BCUT2D eigenvalue weighted by atomic mass is 79.9. The molecular formula is C21H19BrN2O4. The molecule has 0 aliphatic rings. The predicted octanol–water partition coefficient (Wildman–Crippen LogP) is 4.58. The average Bonchev–Trinajstić information content (AvgIpc) is 3.23. The van der Waals surface area contributed by atoms with Crippen molar-refractivity contribution in [2.24, 2.45) is 0 Å². The number of nitrogens with zero attached hydrogens (tertiary/aromatic N) is 1. The van der Waals surface area contributed by atoms with E-state index in [9.17, 15) is 9.59 Å². The number of furan rings is 1. The van der Waals surface area contributed by atoms with E-state index >= 15 is 0 Å². The van der Waals surface area contributed by atoms with Crippen LogP contribution in [0.4, 0.5) is 5.69 Å². The zero-order valence-corrected chi connectivity index (χ0v) is 17.0. The second kappa shape index (κ2) is 8.75. The lowest BCUT2D eigenvalue weighted by atomic mass is 10.1. The monoisotopic (exact) mass is 442 g/mol. The van der Waals surface area contributed by atoms with E-state index < -0.39 is 0 Å². The fourth-order valence-corrected chi connectivity index (χ4v) is 3.12. The third-order valence-electron chi connectivity index (χ3n) is 4.13. The fourth-order valence-electron chi connectivity index (χ4n) is 2.72. The van der Waals surface area contributed by atoms with Crippen LogP contribution in [0.2, 0.25) is 0 Å². The van der Waals surface area contributed by atoms with Gasteiger partial charge in [-0.2, -0.15) is 0 Å². The molecule has 1 aromatic heterocycles. The van der Waals surface area contributed by atoms with E-state index in [1.54, 1.807) is 55.5 Å². The number of benzene rings is 2. The molecule has 2 amide bonds. The standard InChI is InChI=1S/C21H19BrN2O4/c1-24(13-15-12-16(22)7-10-18(15)27-2)21(26)14-5-8-17(9-6-14)23-20(25)19-4-3-11-28-19/h3-12H,13H2,1-2H3,(H,23,25). The molecule has 0 aliphatic heterocycles. The van der Waals surface area contributed by atoms with Crippen molar-refractivity contribution in [1.82, 2.24) is 4.90 Å². The maximum absolute atomic E-state index is 12.7. The average molecular weight is 443 g/mol. The minimum Gasteiger partial charge on any atom is -0.496 e. The van der Waals surface area contributed by atoms with Crippen molar-refractivity contribution in [2.75, 3.05) is 19.5 Å². The number of halogens is 1. The van der Waals surface area contributed by atoms with Gasteiger partial charge in [0, 0.05) is 34.9 Å². The Labute approximate surface area is 171 Å². The second-order valence-electron chi connectivity index (χ2n) is 6.13. The second-order valence-corrected chi connectivity index (χ2v) is 7.04. The number of nitrogens with one attached hydrogen (secondary N) is 1. The first kappa shape index (κ1) is 19.7. The van der Waals surface area contributed by atoms with Crippen LogP contribution in [0.15, 0.2) is 69.8 Å². The lowest BCUT2D eigenvalue weighted by Gasteiger charge is -2.19. The van der Waals surface area contributed by atoms with E-state index in [0.29, 0.717) is 17.8 Å². The summed E-state index contributed by atoms with van der Waals surface area (Å²) in [5.41, 5.74) is 2.00. The lowest BCUT2D eigenvalue weighted by molar-refractivity contribution is 0.0784. The van der Waals surface area contributed by atoms with E-state index in [0.717, 1.165) is 15.8 Å². The summed E-state index contributed by atoms with van der Waals surface area (Å²) in [6, 6.07) is 15.6. The summed E-state index contributed by atoms with van der Waals surface area (Å²) in [6.45, 7) is 0.401. The predicted molar refractivity (Wildman–Crippen MR) is 110 cm³/mol. The number of hydrogen-bond donors (Lipinski definition) is 1. The molecule has 0 spiro atoms. The Kier molecular flexibility index (Phi) is 6.16. The minimum atomic E-state index is -0.344. The summed E-state index contributed by atoms with van der Waals surface area (Å²) in [4.78, 5) is 26.3. The van der Waals surface area contributed by atoms with Crippen molar-refractivity contribution in [3.63, 3.8) is 0 Å². The normalized spacial score (nSPS) is 10.4. The van der Waals surface area contributed by atoms with Crippen LogP contribution >= 0.6 is 15.9 Å². The zero-order chi connectivity index (χ0) is 20.1. The van der Waals surface area contributed by atoms with E-state index in [4.69, 9.17) is 9.15 Å². The van der Waals surface area contributed by atoms with Gasteiger partial charge >= 0.3 is 0 Å². The van der Waals surface area contributed by atoms with Gasteiger partial charge in [-0.1, -0.05) is 15.9 Å². The Morgan fingerprint density at radius 1 is 1.14 bits per heavy atom. The van der Waals surface area contributed by atoms with Gasteiger partial charge in [0.2, 0.25) is 0 Å². The molecule has 0 aliphatic carbocycles. The molecule has 1 N–H and O–H groups in total. The van der Waals surface area contributed by atoms with Gasteiger partial charge in [-0.25, -0.2) is 0 Å². The van der Waals surface area contributed by atoms with Gasteiger partial charge in [-0.15, -0.1) is 0 Å². The molecule has 3 aromatic rings. The first-order chi connectivity index (χ1) is 13.5. The van der Waals surface area contributed by atoms with Gasteiger partial charge in [-0.3, -0.25) is 9.59 Å². The molecule has 1 heterocycles. The molecule has 0 saturated carbocycles. The molecule has 0 unspecified atom stereocenters. The third kappa shape index (κ3) is 4.61. The molecule has 0 atom stereocenters. The van der Waals surface area contributed by atoms with Crippen molar-refractivity contribution in [3.05, 3.63) is 82.2 Å². The number of methoxy groups -OCH3 is 1. The quantitative estimate of drug-likeness (QED) is 0.606. The first-order valence-electron chi connectivity index (χ1n) is 8.50. The largest absolute Gasteiger partial charge is 0.496 e. The first-order valence-corrected chi connectivity index (χ1v) is 9.30. The number of rotatable bonds is 6. The molecule has 7 heteroatoms. The molecule has 0 fully saturated rings. The fraction of sp³-hybridized carbons (Fsp3) is 0.143. The van der Waals surface area contributed by atoms with Gasteiger partial charge < -0.3 is 19.4 Å². The highest BCUT2D eigenvalue weighted by Gasteiger charge is 2.15. The summed E-state index contributed by atoms with van der Waals surface area (Å²) >= 11 is 3.44. The van der Waals surface area contributed by atoms with Gasteiger partial charge in [0.05, 0.1) is 13.4 Å². The molecule has 2 aromatic carbocycles. The number of carbonyl (C=O) groups excluding carboxylic acids is 2. The molecular weight excluding hydrogens is 424 g/mol. The zero-order valence-electron chi connectivity index (χ0n) is 15.4. The number of ether oxygens (including phenoxy) is 1. The van der Waals surface area contributed by atoms with Crippen LogP contribution in [0.25, 0.3) is 0 Å². The Morgan fingerprint density at radius 3 is 2.54 bits per heavy atom. The van der Waals surface area contributed by atoms with Crippen LogP contribution in [0.3, 0.4) is 0 Å². The van der Waals surface area contributed by atoms with Crippen molar-refractivity contribution < 1.29 is 18.7 Å². The van der Waals surface area contributed by atoms with Crippen molar-refractivity contribution in [3.8, 4) is 5.75 Å². The van der Waals surface area contributed by atoms with E-state index in [-0.39, 0.29) is 17.6 Å². The summed E-state index contributed by atoms with van der Waals surface area (Å²) in [6.07, 6.45) is 1.44. The highest BCUT2D eigenvalue weighted by molar-refractivity contribution is 9.10. The molecule has 0 saturated heterocycles. The van der Waals surface area contributed by atoms with Gasteiger partial charge in [-0.05, 0) is 54.6 Å². The highest BCUT2D eigenvalue weighted by Crippen LogP contribution is 2.24. The Bertz CT molecular complexity index is 969. The summed E-state index contributed by atoms with van der Waals surface area (Å²) in [5.74, 6) is 0.468. The van der Waals surface area contributed by atoms with E-state index in [1.165, 1.54) is 6.26 Å². The Balaban J connectivity index is 1.67. The lowest BCUT2D eigenvalue weighted by Crippen LogP contribution is -2.26. The van der Waals surface area contributed by atoms with Crippen LogP contribution in [0, 0.1) is 0 Å². The summed E-state index contributed by atoms with van der Waals surface area (Å²) in [7, 11) is 3.33. The maximum Gasteiger partial charge on any atom is 0.291 e. The smallest absolute Gasteiger partial charge is 0.291 e. The molecule has 0 bridgehead atoms. The molecule has 6 nitrogen and oxygen atoms in total. The summed E-state index contributed by atoms with van der Waals surface area (Å²) < 4.78 is 11.3. The van der Waals surface area contributed by atoms with Crippen LogP contribution in [0.1, 0.15) is 26.5 Å². The minimum absolute atomic E-state index is 0.133.